The fourth-order valence-corrected chi connectivity index (χ4v) is 6.98. The summed E-state index contributed by atoms with van der Waals surface area (Å²) < 4.78 is 23.3. The second-order valence-electron chi connectivity index (χ2n) is 11.0. The third kappa shape index (κ3) is 4.10. The number of allylic oxidation sites excluding steroid dienone is 1. The Labute approximate surface area is 202 Å². The van der Waals surface area contributed by atoms with Crippen LogP contribution in [0.5, 0.6) is 0 Å². The fraction of sp³-hybridized carbons (Fsp3) is 0.741. The van der Waals surface area contributed by atoms with Crippen molar-refractivity contribution >= 4 is 17.9 Å². The van der Waals surface area contributed by atoms with Gasteiger partial charge in [-0.05, 0) is 68.8 Å². The summed E-state index contributed by atoms with van der Waals surface area (Å²) in [4.78, 5) is 36.5. The summed E-state index contributed by atoms with van der Waals surface area (Å²) in [7, 11) is 0. The number of rotatable bonds is 7. The number of fused-ring (bicyclic) bond motifs is 2. The topological polar surface area (TPSA) is 91.4 Å². The summed E-state index contributed by atoms with van der Waals surface area (Å²) in [5.41, 5.74) is 0.438. The normalized spacial score (nSPS) is 39.2. The number of hydrogen-bond donors (Lipinski definition) is 0. The zero-order valence-electron chi connectivity index (χ0n) is 21.1. The molecule has 0 N–H and O–H groups in total. The van der Waals surface area contributed by atoms with Crippen LogP contribution in [0.15, 0.2) is 23.3 Å². The zero-order chi connectivity index (χ0) is 24.7. The average Bonchev–Trinajstić information content (AvgIpc) is 3.45. The van der Waals surface area contributed by atoms with Crippen molar-refractivity contribution in [1.82, 2.24) is 0 Å². The van der Waals surface area contributed by atoms with Gasteiger partial charge in [-0.3, -0.25) is 4.79 Å². The van der Waals surface area contributed by atoms with Crippen LogP contribution in [-0.2, 0) is 33.3 Å². The van der Waals surface area contributed by atoms with Crippen LogP contribution in [0.2, 0.25) is 0 Å². The van der Waals surface area contributed by atoms with Crippen molar-refractivity contribution in [1.29, 1.82) is 0 Å². The van der Waals surface area contributed by atoms with Crippen LogP contribution in [0.1, 0.15) is 73.1 Å². The minimum absolute atomic E-state index is 0.107. The van der Waals surface area contributed by atoms with E-state index in [1.165, 1.54) is 6.92 Å². The minimum atomic E-state index is -0.599. The molecule has 2 saturated carbocycles. The van der Waals surface area contributed by atoms with Crippen molar-refractivity contribution in [3.63, 3.8) is 0 Å². The van der Waals surface area contributed by atoms with Gasteiger partial charge >= 0.3 is 17.9 Å². The Bertz CT molecular complexity index is 914. The van der Waals surface area contributed by atoms with E-state index >= 15 is 0 Å². The minimum Gasteiger partial charge on any atom is -0.462 e. The summed E-state index contributed by atoms with van der Waals surface area (Å²) in [5, 5.41) is 0. The van der Waals surface area contributed by atoms with Crippen molar-refractivity contribution in [2.75, 3.05) is 19.8 Å². The van der Waals surface area contributed by atoms with Gasteiger partial charge in [0.25, 0.3) is 0 Å². The van der Waals surface area contributed by atoms with Crippen LogP contribution in [0.3, 0.4) is 0 Å². The third-order valence-electron chi connectivity index (χ3n) is 9.31. The Hall–Kier alpha value is -2.15. The number of hydrogen-bond acceptors (Lipinski definition) is 7. The smallest absolute Gasteiger partial charge is 0.333 e. The van der Waals surface area contributed by atoms with E-state index in [0.29, 0.717) is 25.2 Å². The van der Waals surface area contributed by atoms with E-state index in [9.17, 15) is 14.4 Å². The Morgan fingerprint density at radius 2 is 2.03 bits per heavy atom. The molecule has 2 heterocycles. The van der Waals surface area contributed by atoms with Gasteiger partial charge in [-0.1, -0.05) is 26.3 Å². The average molecular weight is 475 g/mol. The van der Waals surface area contributed by atoms with Gasteiger partial charge in [0.15, 0.2) is 0 Å². The summed E-state index contributed by atoms with van der Waals surface area (Å²) in [6, 6.07) is 0. The number of cyclic esters (lactones) is 1. The molecular formula is C27H38O7. The van der Waals surface area contributed by atoms with Gasteiger partial charge in [0.2, 0.25) is 0 Å². The lowest BCUT2D eigenvalue weighted by Gasteiger charge is -2.63. The van der Waals surface area contributed by atoms with Crippen LogP contribution in [0.25, 0.3) is 0 Å². The first kappa shape index (κ1) is 25.0. The first-order valence-corrected chi connectivity index (χ1v) is 12.6. The second-order valence-corrected chi connectivity index (χ2v) is 11.0. The number of carbonyl (C=O) groups excluding carboxylic acids is 3. The molecule has 4 rings (SSSR count). The molecule has 7 nitrogen and oxygen atoms in total. The Balaban J connectivity index is 1.71. The third-order valence-corrected chi connectivity index (χ3v) is 9.31. The summed E-state index contributed by atoms with van der Waals surface area (Å²) in [5.74, 6) is -0.513. The summed E-state index contributed by atoms with van der Waals surface area (Å²) >= 11 is 0. The molecule has 2 aliphatic carbocycles. The molecule has 188 valence electrons. The molecule has 3 fully saturated rings. The maximum atomic E-state index is 12.7. The van der Waals surface area contributed by atoms with Crippen molar-refractivity contribution in [3.8, 4) is 0 Å². The lowest BCUT2D eigenvalue weighted by molar-refractivity contribution is -0.228. The van der Waals surface area contributed by atoms with E-state index in [1.807, 2.05) is 6.92 Å². The van der Waals surface area contributed by atoms with Gasteiger partial charge in [0.05, 0.1) is 12.0 Å². The molecule has 0 amide bonds. The number of epoxide rings is 1. The number of esters is 3. The second kappa shape index (κ2) is 9.14. The monoisotopic (exact) mass is 474 g/mol. The molecule has 34 heavy (non-hydrogen) atoms. The van der Waals surface area contributed by atoms with Crippen molar-refractivity contribution in [2.45, 2.75) is 84.8 Å². The molecule has 0 radical (unpaired) electrons. The van der Waals surface area contributed by atoms with Crippen LogP contribution >= 0.6 is 0 Å². The van der Waals surface area contributed by atoms with Gasteiger partial charge < -0.3 is 18.9 Å². The predicted molar refractivity (Wildman–Crippen MR) is 125 cm³/mol. The number of ether oxygens (including phenoxy) is 4. The Morgan fingerprint density at radius 3 is 2.62 bits per heavy atom. The SMILES string of the molecule is C/C=C(\C)C(=O)OCC12C(OC(C)=O)CC(C)C(C)(CCC3=CC(=O)OC3)[C@H]1CCCC21CO1. The first-order chi connectivity index (χ1) is 16.1. The van der Waals surface area contributed by atoms with E-state index < -0.39 is 11.0 Å². The fourth-order valence-electron chi connectivity index (χ4n) is 6.98. The van der Waals surface area contributed by atoms with Gasteiger partial charge in [0, 0.05) is 18.6 Å². The molecule has 4 aliphatic rings. The van der Waals surface area contributed by atoms with Crippen LogP contribution < -0.4 is 0 Å². The molecular weight excluding hydrogens is 436 g/mol. The van der Waals surface area contributed by atoms with E-state index in [1.54, 1.807) is 19.1 Å². The molecule has 0 aromatic heterocycles. The predicted octanol–water partition coefficient (Wildman–Crippen LogP) is 4.29. The van der Waals surface area contributed by atoms with E-state index in [0.717, 1.165) is 37.7 Å². The van der Waals surface area contributed by atoms with Crippen LogP contribution in [0, 0.1) is 22.7 Å². The highest BCUT2D eigenvalue weighted by Gasteiger charge is 2.74. The van der Waals surface area contributed by atoms with E-state index in [-0.39, 0.29) is 47.9 Å². The van der Waals surface area contributed by atoms with E-state index in [2.05, 4.69) is 13.8 Å². The first-order valence-electron chi connectivity index (χ1n) is 12.6. The Kier molecular flexibility index (Phi) is 6.71. The molecule has 7 heteroatoms. The molecule has 1 spiro atoms. The number of carbonyl (C=O) groups is 3. The maximum absolute atomic E-state index is 12.7. The van der Waals surface area contributed by atoms with Gasteiger partial charge in [-0.2, -0.15) is 0 Å². The molecule has 6 atom stereocenters. The van der Waals surface area contributed by atoms with Crippen LogP contribution in [0.4, 0.5) is 0 Å². The standard InChI is InChI=1S/C27H38O7/c1-6-17(2)24(30)32-16-27-21(8-7-10-26(27)15-33-26)25(5,11-9-20-13-23(29)31-14-20)18(3)12-22(27)34-19(4)28/h6,13,18,21-22H,7-12,14-16H2,1-5H3/b17-6+/t18?,21-,22?,25?,26?,27?/m1/s1. The molecule has 0 aromatic rings. The lowest BCUT2D eigenvalue weighted by Crippen LogP contribution is -2.67. The largest absolute Gasteiger partial charge is 0.462 e. The Morgan fingerprint density at radius 1 is 1.29 bits per heavy atom. The highest BCUT2D eigenvalue weighted by atomic mass is 16.6. The highest BCUT2D eigenvalue weighted by molar-refractivity contribution is 5.87. The summed E-state index contributed by atoms with van der Waals surface area (Å²) in [6.07, 6.45) is 8.18. The van der Waals surface area contributed by atoms with Gasteiger partial charge in [-0.15, -0.1) is 0 Å². The van der Waals surface area contributed by atoms with Crippen molar-refractivity contribution in [2.24, 2.45) is 22.7 Å². The molecule has 0 aromatic carbocycles. The van der Waals surface area contributed by atoms with E-state index in [4.69, 9.17) is 18.9 Å². The van der Waals surface area contributed by atoms with Crippen LogP contribution in [-0.4, -0.2) is 49.4 Å². The summed E-state index contributed by atoms with van der Waals surface area (Å²) in [6.45, 7) is 10.7. The molecule has 0 bridgehead atoms. The molecule has 5 unspecified atom stereocenters. The van der Waals surface area contributed by atoms with Gasteiger partial charge in [0.1, 0.15) is 24.9 Å². The lowest BCUT2D eigenvalue weighted by atomic mass is 9.43. The highest BCUT2D eigenvalue weighted by Crippen LogP contribution is 2.69. The molecule has 2 aliphatic heterocycles. The zero-order valence-corrected chi connectivity index (χ0v) is 21.1. The van der Waals surface area contributed by atoms with Crippen molar-refractivity contribution in [3.05, 3.63) is 23.3 Å². The quantitative estimate of drug-likeness (QED) is 0.235. The maximum Gasteiger partial charge on any atom is 0.333 e. The van der Waals surface area contributed by atoms with Gasteiger partial charge in [-0.25, -0.2) is 9.59 Å². The molecule has 1 saturated heterocycles. The van der Waals surface area contributed by atoms with Crippen molar-refractivity contribution < 1.29 is 33.3 Å².